The van der Waals surface area contributed by atoms with E-state index >= 15 is 0 Å². The standard InChI is InChI=1S/C9H14N2O2/c1-7(12)4-10-5-8-2-3-9(13)6-11-8/h2-3,6-7,10,12-13H,4-5H2,1H3. The van der Waals surface area contributed by atoms with Gasteiger partial charge in [-0.3, -0.25) is 4.98 Å². The van der Waals surface area contributed by atoms with Gasteiger partial charge in [-0.2, -0.15) is 0 Å². The van der Waals surface area contributed by atoms with Crippen molar-refractivity contribution < 1.29 is 10.2 Å². The molecule has 1 aromatic heterocycles. The lowest BCUT2D eigenvalue weighted by Gasteiger charge is -2.05. The molecule has 0 bridgehead atoms. The number of rotatable bonds is 4. The smallest absolute Gasteiger partial charge is 0.133 e. The average molecular weight is 182 g/mol. The van der Waals surface area contributed by atoms with Gasteiger partial charge in [0.05, 0.1) is 18.0 Å². The van der Waals surface area contributed by atoms with E-state index in [4.69, 9.17) is 10.2 Å². The van der Waals surface area contributed by atoms with Gasteiger partial charge in [-0.05, 0) is 19.1 Å². The number of nitrogens with zero attached hydrogens (tertiary/aromatic N) is 1. The predicted octanol–water partition coefficient (Wildman–Crippen LogP) is 0.258. The second-order valence-corrected chi connectivity index (χ2v) is 2.99. The molecule has 0 aromatic carbocycles. The van der Waals surface area contributed by atoms with Crippen molar-refractivity contribution in [2.24, 2.45) is 0 Å². The first-order valence-corrected chi connectivity index (χ1v) is 4.21. The number of pyridine rings is 1. The summed E-state index contributed by atoms with van der Waals surface area (Å²) in [5.41, 5.74) is 0.846. The topological polar surface area (TPSA) is 65.4 Å². The quantitative estimate of drug-likeness (QED) is 0.625. The SMILES string of the molecule is CC(O)CNCc1ccc(O)cn1. The van der Waals surface area contributed by atoms with Gasteiger partial charge < -0.3 is 15.5 Å². The second-order valence-electron chi connectivity index (χ2n) is 2.99. The van der Waals surface area contributed by atoms with Crippen LogP contribution < -0.4 is 5.32 Å². The number of hydrogen-bond acceptors (Lipinski definition) is 4. The van der Waals surface area contributed by atoms with Gasteiger partial charge >= 0.3 is 0 Å². The minimum absolute atomic E-state index is 0.166. The van der Waals surface area contributed by atoms with Crippen molar-refractivity contribution in [3.63, 3.8) is 0 Å². The van der Waals surface area contributed by atoms with Crippen LogP contribution in [-0.4, -0.2) is 27.8 Å². The number of nitrogens with one attached hydrogen (secondary N) is 1. The van der Waals surface area contributed by atoms with Crippen LogP contribution in [0.1, 0.15) is 12.6 Å². The molecule has 1 atom stereocenters. The van der Waals surface area contributed by atoms with E-state index in [1.54, 1.807) is 19.1 Å². The highest BCUT2D eigenvalue weighted by Gasteiger charge is 1.96. The molecule has 0 amide bonds. The van der Waals surface area contributed by atoms with Gasteiger partial charge in [0, 0.05) is 13.1 Å². The third kappa shape index (κ3) is 3.87. The number of aliphatic hydroxyl groups is 1. The normalized spacial score (nSPS) is 12.8. The molecule has 1 rings (SSSR count). The van der Waals surface area contributed by atoms with Crippen molar-refractivity contribution in [2.75, 3.05) is 6.54 Å². The molecule has 1 unspecified atom stereocenters. The summed E-state index contributed by atoms with van der Waals surface area (Å²) in [5.74, 6) is 0.166. The zero-order chi connectivity index (χ0) is 9.68. The Morgan fingerprint density at radius 3 is 2.85 bits per heavy atom. The molecule has 0 aliphatic heterocycles. The summed E-state index contributed by atoms with van der Waals surface area (Å²) >= 11 is 0. The van der Waals surface area contributed by atoms with Gasteiger partial charge in [0.25, 0.3) is 0 Å². The van der Waals surface area contributed by atoms with E-state index < -0.39 is 0 Å². The Morgan fingerprint density at radius 1 is 1.54 bits per heavy atom. The van der Waals surface area contributed by atoms with Gasteiger partial charge in [0.15, 0.2) is 0 Å². The zero-order valence-corrected chi connectivity index (χ0v) is 7.57. The van der Waals surface area contributed by atoms with Crippen molar-refractivity contribution in [3.8, 4) is 5.75 Å². The summed E-state index contributed by atoms with van der Waals surface area (Å²) in [6.45, 7) is 2.87. The van der Waals surface area contributed by atoms with Crippen molar-refractivity contribution in [1.29, 1.82) is 0 Å². The Bertz CT molecular complexity index is 246. The van der Waals surface area contributed by atoms with Crippen LogP contribution in [0.15, 0.2) is 18.3 Å². The Morgan fingerprint density at radius 2 is 2.31 bits per heavy atom. The fourth-order valence-corrected chi connectivity index (χ4v) is 0.930. The first-order valence-electron chi connectivity index (χ1n) is 4.21. The molecule has 0 fully saturated rings. The number of hydrogen-bond donors (Lipinski definition) is 3. The molecule has 1 heterocycles. The molecule has 0 aliphatic rings. The third-order valence-electron chi connectivity index (χ3n) is 1.55. The van der Waals surface area contributed by atoms with Gasteiger partial charge in [0.1, 0.15) is 5.75 Å². The van der Waals surface area contributed by atoms with E-state index in [2.05, 4.69) is 10.3 Å². The van der Waals surface area contributed by atoms with Crippen LogP contribution in [0, 0.1) is 0 Å². The summed E-state index contributed by atoms with van der Waals surface area (Å²) < 4.78 is 0. The highest BCUT2D eigenvalue weighted by atomic mass is 16.3. The van der Waals surface area contributed by atoms with Crippen LogP contribution in [0.2, 0.25) is 0 Å². The van der Waals surface area contributed by atoms with Crippen molar-refractivity contribution >= 4 is 0 Å². The maximum absolute atomic E-state index is 8.95. The van der Waals surface area contributed by atoms with E-state index in [0.717, 1.165) is 5.69 Å². The summed E-state index contributed by atoms with van der Waals surface area (Å²) in [6, 6.07) is 3.33. The van der Waals surface area contributed by atoms with Crippen molar-refractivity contribution in [1.82, 2.24) is 10.3 Å². The maximum atomic E-state index is 8.95. The van der Waals surface area contributed by atoms with Crippen molar-refractivity contribution in [2.45, 2.75) is 19.6 Å². The first-order chi connectivity index (χ1) is 6.18. The summed E-state index contributed by atoms with van der Waals surface area (Å²) in [7, 11) is 0. The fourth-order valence-electron chi connectivity index (χ4n) is 0.930. The Balaban J connectivity index is 2.33. The lowest BCUT2D eigenvalue weighted by atomic mass is 10.3. The van der Waals surface area contributed by atoms with E-state index in [1.165, 1.54) is 6.20 Å². The summed E-state index contributed by atoms with van der Waals surface area (Å²) in [5, 5.41) is 20.9. The molecule has 0 radical (unpaired) electrons. The van der Waals surface area contributed by atoms with Crippen LogP contribution in [0.3, 0.4) is 0 Å². The number of aromatic nitrogens is 1. The number of aromatic hydroxyl groups is 1. The molecule has 13 heavy (non-hydrogen) atoms. The third-order valence-corrected chi connectivity index (χ3v) is 1.55. The largest absolute Gasteiger partial charge is 0.506 e. The summed E-state index contributed by atoms with van der Waals surface area (Å²) in [6.07, 6.45) is 1.05. The molecule has 4 heteroatoms. The monoisotopic (exact) mass is 182 g/mol. The molecule has 0 aliphatic carbocycles. The van der Waals surface area contributed by atoms with E-state index in [0.29, 0.717) is 13.1 Å². The molecule has 0 saturated heterocycles. The van der Waals surface area contributed by atoms with Crippen LogP contribution in [0.5, 0.6) is 5.75 Å². The second kappa shape index (κ2) is 4.79. The van der Waals surface area contributed by atoms with Crippen LogP contribution in [-0.2, 0) is 6.54 Å². The number of aliphatic hydroxyl groups excluding tert-OH is 1. The average Bonchev–Trinajstić information content (AvgIpc) is 2.08. The van der Waals surface area contributed by atoms with E-state index in [1.807, 2.05) is 0 Å². The predicted molar refractivity (Wildman–Crippen MR) is 49.3 cm³/mol. The first kappa shape index (κ1) is 9.95. The highest BCUT2D eigenvalue weighted by molar-refractivity contribution is 5.17. The molecule has 1 aromatic rings. The lowest BCUT2D eigenvalue weighted by Crippen LogP contribution is -2.24. The molecule has 0 spiro atoms. The van der Waals surface area contributed by atoms with Crippen molar-refractivity contribution in [3.05, 3.63) is 24.0 Å². The fraction of sp³-hybridized carbons (Fsp3) is 0.444. The zero-order valence-electron chi connectivity index (χ0n) is 7.57. The lowest BCUT2D eigenvalue weighted by molar-refractivity contribution is 0.191. The molecular weight excluding hydrogens is 168 g/mol. The van der Waals surface area contributed by atoms with E-state index in [-0.39, 0.29) is 11.9 Å². The van der Waals surface area contributed by atoms with Gasteiger partial charge in [-0.25, -0.2) is 0 Å². The molecule has 72 valence electrons. The Kier molecular flexibility index (Phi) is 3.67. The molecular formula is C9H14N2O2. The van der Waals surface area contributed by atoms with Crippen LogP contribution >= 0.6 is 0 Å². The molecule has 3 N–H and O–H groups in total. The van der Waals surface area contributed by atoms with Crippen LogP contribution in [0.4, 0.5) is 0 Å². The van der Waals surface area contributed by atoms with Gasteiger partial charge in [0.2, 0.25) is 0 Å². The van der Waals surface area contributed by atoms with Crippen LogP contribution in [0.25, 0.3) is 0 Å². The minimum atomic E-state index is -0.350. The Labute approximate surface area is 77.2 Å². The Hall–Kier alpha value is -1.13. The van der Waals surface area contributed by atoms with Gasteiger partial charge in [-0.1, -0.05) is 0 Å². The maximum Gasteiger partial charge on any atom is 0.133 e. The van der Waals surface area contributed by atoms with Gasteiger partial charge in [-0.15, -0.1) is 0 Å². The van der Waals surface area contributed by atoms with E-state index in [9.17, 15) is 0 Å². The minimum Gasteiger partial charge on any atom is -0.506 e. The molecule has 4 nitrogen and oxygen atoms in total. The molecule has 0 saturated carbocycles. The highest BCUT2D eigenvalue weighted by Crippen LogP contribution is 2.05. The summed E-state index contributed by atoms with van der Waals surface area (Å²) in [4.78, 5) is 3.98.